The van der Waals surface area contributed by atoms with Gasteiger partial charge in [0.05, 0.1) is 32.7 Å². The van der Waals surface area contributed by atoms with Crippen LogP contribution in [0.5, 0.6) is 11.5 Å². The van der Waals surface area contributed by atoms with Crippen LogP contribution in [-0.2, 0) is 9.59 Å². The molecule has 0 radical (unpaired) electrons. The molecule has 0 aromatic heterocycles. The van der Waals surface area contributed by atoms with Crippen LogP contribution in [0.2, 0.25) is 0 Å². The second-order valence-electron chi connectivity index (χ2n) is 10.2. The Labute approximate surface area is 249 Å². The molecular formula is C31H36N4O8. The van der Waals surface area contributed by atoms with E-state index >= 15 is 0 Å². The number of carbonyl (C=O) groups is 4. The number of hydrogen-bond acceptors (Lipinski definition) is 8. The van der Waals surface area contributed by atoms with Crippen molar-refractivity contribution in [2.45, 2.75) is 18.5 Å². The summed E-state index contributed by atoms with van der Waals surface area (Å²) in [6.45, 7) is 2.81. The summed E-state index contributed by atoms with van der Waals surface area (Å²) in [6, 6.07) is 9.77. The quantitative estimate of drug-likeness (QED) is 0.239. The first kappa shape index (κ1) is 31.3. The van der Waals surface area contributed by atoms with Crippen LogP contribution in [0, 0.1) is 0 Å². The number of nitrogens with zero attached hydrogens (tertiary/aromatic N) is 2. The van der Waals surface area contributed by atoms with Crippen LogP contribution in [0.1, 0.15) is 40.8 Å². The van der Waals surface area contributed by atoms with E-state index in [2.05, 4.69) is 10.6 Å². The lowest BCUT2D eigenvalue weighted by atomic mass is 9.99. The number of hydrogen-bond donors (Lipinski definition) is 4. The minimum atomic E-state index is -0.998. The topological polar surface area (TPSA) is 158 Å². The fourth-order valence-corrected chi connectivity index (χ4v) is 5.30. The van der Waals surface area contributed by atoms with Gasteiger partial charge in [-0.05, 0) is 35.4 Å². The Balaban J connectivity index is 1.38. The molecule has 0 saturated carbocycles. The lowest BCUT2D eigenvalue weighted by molar-refractivity contribution is -0.121. The summed E-state index contributed by atoms with van der Waals surface area (Å²) < 4.78 is 11.0. The zero-order valence-electron chi connectivity index (χ0n) is 24.1. The second-order valence-corrected chi connectivity index (χ2v) is 10.2. The van der Waals surface area contributed by atoms with Gasteiger partial charge >= 0.3 is 12.2 Å². The Morgan fingerprint density at radius 2 is 1.19 bits per heavy atom. The predicted octanol–water partition coefficient (Wildman–Crippen LogP) is 3.21. The molecule has 2 aromatic rings. The van der Waals surface area contributed by atoms with Crippen LogP contribution in [0.25, 0.3) is 12.2 Å². The molecule has 43 heavy (non-hydrogen) atoms. The number of carboxylic acid groups (broad SMARTS) is 2. The van der Waals surface area contributed by atoms with Crippen molar-refractivity contribution in [2.75, 3.05) is 53.5 Å². The van der Waals surface area contributed by atoms with Crippen molar-refractivity contribution in [3.8, 4) is 11.5 Å². The molecule has 2 saturated heterocycles. The van der Waals surface area contributed by atoms with Crippen molar-refractivity contribution in [1.82, 2.24) is 20.4 Å². The van der Waals surface area contributed by atoms with Crippen molar-refractivity contribution in [3.63, 3.8) is 0 Å². The molecular weight excluding hydrogens is 556 g/mol. The zero-order chi connectivity index (χ0) is 30.9. The highest BCUT2D eigenvalue weighted by molar-refractivity contribution is 6.10. The molecule has 2 atom stereocenters. The van der Waals surface area contributed by atoms with Gasteiger partial charge in [-0.2, -0.15) is 0 Å². The van der Waals surface area contributed by atoms with Gasteiger partial charge in [0.1, 0.15) is 11.5 Å². The number of ketones is 2. The average molecular weight is 593 g/mol. The first-order valence-electron chi connectivity index (χ1n) is 13.9. The van der Waals surface area contributed by atoms with Gasteiger partial charge in [-0.1, -0.05) is 36.4 Å². The van der Waals surface area contributed by atoms with Gasteiger partial charge < -0.3 is 30.3 Å². The van der Waals surface area contributed by atoms with Gasteiger partial charge in [0.2, 0.25) is 0 Å². The normalized spacial score (nSPS) is 19.0. The predicted molar refractivity (Wildman–Crippen MR) is 159 cm³/mol. The molecule has 0 aliphatic carbocycles. The third kappa shape index (κ3) is 7.79. The zero-order valence-corrected chi connectivity index (χ0v) is 24.1. The molecule has 12 heteroatoms. The molecule has 0 spiro atoms. The molecule has 228 valence electrons. The van der Waals surface area contributed by atoms with Crippen LogP contribution < -0.4 is 20.1 Å². The lowest BCUT2D eigenvalue weighted by Crippen LogP contribution is -2.48. The molecule has 2 aromatic carbocycles. The summed E-state index contributed by atoms with van der Waals surface area (Å²) in [5, 5.41) is 25.5. The molecule has 4 N–H and O–H groups in total. The van der Waals surface area contributed by atoms with E-state index in [0.717, 1.165) is 11.1 Å². The van der Waals surface area contributed by atoms with E-state index in [9.17, 15) is 29.4 Å². The van der Waals surface area contributed by atoms with Crippen molar-refractivity contribution < 1.29 is 38.9 Å². The molecule has 2 fully saturated rings. The molecule has 4 rings (SSSR count). The van der Waals surface area contributed by atoms with E-state index < -0.39 is 24.3 Å². The standard InChI is InChI=1S/C31H36N4O8/c1-42-28-15-20(5-9-24(28)26-18-32-11-13-34(26)30(38)39)3-7-22(36)17-23(37)8-4-21-6-10-25(29(16-21)43-2)27-19-33-12-14-35(27)31(40)41/h3-10,15-16,26-27,32-33H,11-14,17-19H2,1-2H3,(H,38,39)(H,40,41)/b7-3+,8-4+. The summed E-state index contributed by atoms with van der Waals surface area (Å²) in [6.07, 6.45) is 3.52. The number of allylic oxidation sites excluding steroid dienone is 2. The minimum Gasteiger partial charge on any atom is -0.496 e. The first-order chi connectivity index (χ1) is 20.7. The van der Waals surface area contributed by atoms with Crippen molar-refractivity contribution in [3.05, 3.63) is 70.8 Å². The Morgan fingerprint density at radius 3 is 1.56 bits per heavy atom. The average Bonchev–Trinajstić information content (AvgIpc) is 3.02. The molecule has 2 unspecified atom stereocenters. The summed E-state index contributed by atoms with van der Waals surface area (Å²) in [5.41, 5.74) is 2.79. The fourth-order valence-electron chi connectivity index (χ4n) is 5.30. The number of methoxy groups -OCH3 is 2. The number of benzene rings is 2. The van der Waals surface area contributed by atoms with Crippen LogP contribution in [0.3, 0.4) is 0 Å². The molecule has 2 aliphatic heterocycles. The smallest absolute Gasteiger partial charge is 0.407 e. The molecule has 2 amide bonds. The molecule has 0 bridgehead atoms. The van der Waals surface area contributed by atoms with Crippen molar-refractivity contribution in [1.29, 1.82) is 0 Å². The highest BCUT2D eigenvalue weighted by Gasteiger charge is 2.31. The highest BCUT2D eigenvalue weighted by atomic mass is 16.5. The summed E-state index contributed by atoms with van der Waals surface area (Å²) in [7, 11) is 3.01. The Bertz CT molecular complexity index is 1320. The monoisotopic (exact) mass is 592 g/mol. The number of nitrogens with one attached hydrogen (secondary N) is 2. The third-order valence-electron chi connectivity index (χ3n) is 7.48. The van der Waals surface area contributed by atoms with E-state index in [4.69, 9.17) is 9.47 Å². The maximum absolute atomic E-state index is 12.5. The summed E-state index contributed by atoms with van der Waals surface area (Å²) in [5.74, 6) is 0.256. The Morgan fingerprint density at radius 1 is 0.767 bits per heavy atom. The minimum absolute atomic E-state index is 0.319. The SMILES string of the molecule is COc1cc(/C=C/C(=O)CC(=O)/C=C/c2ccc(C3CNCCN3C(=O)O)c(OC)c2)ccc1C1CNCCN1C(=O)O. The molecule has 2 heterocycles. The van der Waals surface area contributed by atoms with Gasteiger partial charge in [-0.25, -0.2) is 9.59 Å². The molecule has 2 aliphatic rings. The number of rotatable bonds is 10. The Kier molecular flexibility index (Phi) is 10.5. The lowest BCUT2D eigenvalue weighted by Gasteiger charge is -2.35. The third-order valence-corrected chi connectivity index (χ3v) is 7.48. The van der Waals surface area contributed by atoms with E-state index in [1.54, 1.807) is 48.6 Å². The van der Waals surface area contributed by atoms with Gasteiger partial charge in [-0.15, -0.1) is 0 Å². The van der Waals surface area contributed by atoms with E-state index in [0.29, 0.717) is 61.9 Å². The summed E-state index contributed by atoms with van der Waals surface area (Å²) >= 11 is 0. The van der Waals surface area contributed by atoms with Gasteiger partial charge in [0.25, 0.3) is 0 Å². The fraction of sp³-hybridized carbons (Fsp3) is 0.355. The van der Waals surface area contributed by atoms with E-state index in [1.165, 1.54) is 36.2 Å². The van der Waals surface area contributed by atoms with Crippen LogP contribution >= 0.6 is 0 Å². The Hall–Kier alpha value is -4.68. The first-order valence-corrected chi connectivity index (χ1v) is 13.9. The number of carbonyl (C=O) groups excluding carboxylic acids is 2. The van der Waals surface area contributed by atoms with Crippen molar-refractivity contribution in [2.24, 2.45) is 0 Å². The number of ether oxygens (including phenoxy) is 2. The largest absolute Gasteiger partial charge is 0.496 e. The van der Waals surface area contributed by atoms with E-state index in [1.807, 2.05) is 0 Å². The number of amides is 2. The second kappa shape index (κ2) is 14.5. The van der Waals surface area contributed by atoms with Crippen LogP contribution in [0.15, 0.2) is 48.6 Å². The van der Waals surface area contributed by atoms with Crippen molar-refractivity contribution >= 4 is 35.9 Å². The highest BCUT2D eigenvalue weighted by Crippen LogP contribution is 2.33. The maximum atomic E-state index is 12.5. The maximum Gasteiger partial charge on any atom is 0.407 e. The van der Waals surface area contributed by atoms with Gasteiger partial charge in [0, 0.05) is 50.4 Å². The molecule has 12 nitrogen and oxygen atoms in total. The summed E-state index contributed by atoms with van der Waals surface area (Å²) in [4.78, 5) is 51.1. The van der Waals surface area contributed by atoms with Gasteiger partial charge in [0.15, 0.2) is 11.6 Å². The van der Waals surface area contributed by atoms with Crippen LogP contribution in [-0.4, -0.2) is 97.3 Å². The number of piperazine rings is 2. The van der Waals surface area contributed by atoms with E-state index in [-0.39, 0.29) is 18.0 Å². The van der Waals surface area contributed by atoms with Gasteiger partial charge in [-0.3, -0.25) is 19.4 Å². The van der Waals surface area contributed by atoms with Crippen LogP contribution in [0.4, 0.5) is 9.59 Å².